The molecule has 2 saturated carbocycles. The Morgan fingerprint density at radius 1 is 0.660 bits per heavy atom. The highest BCUT2D eigenvalue weighted by Gasteiger charge is 2.48. The van der Waals surface area contributed by atoms with Gasteiger partial charge in [0.1, 0.15) is 0 Å². The van der Waals surface area contributed by atoms with Crippen LogP contribution in [0.2, 0.25) is 0 Å². The van der Waals surface area contributed by atoms with Gasteiger partial charge in [-0.1, -0.05) is 177 Å². The molecule has 2 fully saturated rings. The number of nitrogens with two attached hydrogens (primary N) is 1. The average molecular weight is 818 g/mol. The molecular weight excluding hydrogens is 766 g/mol. The lowest BCUT2D eigenvalue weighted by atomic mass is 10.0. The van der Waals surface area contributed by atoms with Crippen LogP contribution in [-0.2, 0) is 0 Å². The molecule has 6 rings (SSSR count). The maximum Gasteiger partial charge on any atom is 0.0725 e. The van der Waals surface area contributed by atoms with Crippen molar-refractivity contribution in [2.24, 2.45) is 27.6 Å². The summed E-state index contributed by atoms with van der Waals surface area (Å²) in [4.78, 5) is 9.64. The number of hydrogen-bond donors (Lipinski definition) is 1. The van der Waals surface area contributed by atoms with Crippen LogP contribution in [0.25, 0.3) is 0 Å². The molecule has 0 saturated heterocycles. The van der Waals surface area contributed by atoms with Crippen molar-refractivity contribution in [2.75, 3.05) is 17.2 Å². The molecular formula is C44H52Br2ClN3. The van der Waals surface area contributed by atoms with Gasteiger partial charge >= 0.3 is 0 Å². The third-order valence-corrected chi connectivity index (χ3v) is 9.15. The van der Waals surface area contributed by atoms with E-state index >= 15 is 0 Å². The van der Waals surface area contributed by atoms with Crippen molar-refractivity contribution in [3.63, 3.8) is 0 Å². The minimum absolute atomic E-state index is 0. The van der Waals surface area contributed by atoms with E-state index in [1.165, 1.54) is 22.3 Å². The van der Waals surface area contributed by atoms with Gasteiger partial charge in [0.15, 0.2) is 0 Å². The molecule has 4 unspecified atom stereocenters. The normalized spacial score (nSPS) is 20.8. The molecule has 2 N–H and O–H groups in total. The van der Waals surface area contributed by atoms with Crippen molar-refractivity contribution in [3.8, 4) is 0 Å². The van der Waals surface area contributed by atoms with Gasteiger partial charge in [-0.05, 0) is 39.5 Å². The van der Waals surface area contributed by atoms with Crippen LogP contribution >= 0.6 is 44.3 Å². The molecule has 3 nitrogen and oxygen atoms in total. The highest BCUT2D eigenvalue weighted by molar-refractivity contribution is 9.09. The minimum atomic E-state index is 0. The Morgan fingerprint density at radius 3 is 1.24 bits per heavy atom. The zero-order valence-corrected chi connectivity index (χ0v) is 33.6. The first kappa shape index (κ1) is 42.8. The maximum absolute atomic E-state index is 5.65. The van der Waals surface area contributed by atoms with Crippen molar-refractivity contribution in [2.45, 2.75) is 44.7 Å². The van der Waals surface area contributed by atoms with Gasteiger partial charge < -0.3 is 5.73 Å². The van der Waals surface area contributed by atoms with E-state index in [1.807, 2.05) is 60.7 Å². The van der Waals surface area contributed by atoms with Gasteiger partial charge in [-0.15, -0.1) is 25.6 Å². The van der Waals surface area contributed by atoms with Crippen LogP contribution in [0.3, 0.4) is 0 Å². The Kier molecular flexibility index (Phi) is 19.2. The molecule has 4 aromatic carbocycles. The van der Waals surface area contributed by atoms with E-state index in [-0.39, 0.29) is 23.5 Å². The lowest BCUT2D eigenvalue weighted by Crippen LogP contribution is -2.18. The molecule has 264 valence electrons. The summed E-state index contributed by atoms with van der Waals surface area (Å²) in [6.45, 7) is 14.7. The third kappa shape index (κ3) is 14.1. The lowest BCUT2D eigenvalue weighted by molar-refractivity contribution is 0.717. The summed E-state index contributed by atoms with van der Waals surface area (Å²) in [5.41, 5.74) is 12.6. The fourth-order valence-corrected chi connectivity index (χ4v) is 5.72. The molecule has 2 aliphatic carbocycles. The third-order valence-electron chi connectivity index (χ3n) is 8.40. The number of benzene rings is 4. The van der Waals surface area contributed by atoms with Gasteiger partial charge in [0.2, 0.25) is 0 Å². The predicted molar refractivity (Wildman–Crippen MR) is 229 cm³/mol. The fourth-order valence-electron chi connectivity index (χ4n) is 5.19. The smallest absolute Gasteiger partial charge is 0.0725 e. The van der Waals surface area contributed by atoms with Gasteiger partial charge in [-0.25, -0.2) is 0 Å². The second kappa shape index (κ2) is 22.5. The second-order valence-corrected chi connectivity index (χ2v) is 13.8. The highest BCUT2D eigenvalue weighted by atomic mass is 79.9. The van der Waals surface area contributed by atoms with Crippen molar-refractivity contribution in [1.29, 1.82) is 0 Å². The molecule has 0 amide bonds. The summed E-state index contributed by atoms with van der Waals surface area (Å²) < 4.78 is 0. The predicted octanol–water partition coefficient (Wildman–Crippen LogP) is 11.7. The molecule has 0 aromatic heterocycles. The number of aliphatic imine (C=N–C) groups is 2. The molecule has 0 radical (unpaired) electrons. The summed E-state index contributed by atoms with van der Waals surface area (Å²) in [5, 5.41) is 1.91. The molecule has 2 aliphatic rings. The molecule has 50 heavy (non-hydrogen) atoms. The van der Waals surface area contributed by atoms with E-state index < -0.39 is 0 Å². The fraction of sp³-hybridized carbons (Fsp3) is 0.273. The topological polar surface area (TPSA) is 50.7 Å². The van der Waals surface area contributed by atoms with E-state index in [2.05, 4.69) is 156 Å². The minimum Gasteiger partial charge on any atom is -0.325 e. The van der Waals surface area contributed by atoms with Crippen molar-refractivity contribution >= 4 is 55.7 Å². The monoisotopic (exact) mass is 815 g/mol. The number of alkyl halides is 2. The Balaban J connectivity index is 0.000000257. The summed E-state index contributed by atoms with van der Waals surface area (Å²) in [6.07, 6.45) is 10.3. The zero-order chi connectivity index (χ0) is 35.5. The standard InChI is InChI=1S/C19H19N.C15H15N.C6H11N.C4H6Br2.ClH/c1-3-17-14-19(17,2)20-18(15-10-6-4-7-11-15)16-12-8-5-9-13-16;1-2-16-15(13-9-5-3-6-10-13)14-11-7-4-8-12-14;1-3-5-4-6(5,2)7;5-3-1-2-4-6;/h3-13,17H,1,14H2,2H3;3-12H,2H2,1H3;3,5H,1,4,7H2,2H3;1-2H,3-4H2;1H/b;;;2-1+;. The van der Waals surface area contributed by atoms with Crippen molar-refractivity contribution < 1.29 is 0 Å². The van der Waals surface area contributed by atoms with E-state index in [0.29, 0.717) is 11.8 Å². The van der Waals surface area contributed by atoms with E-state index in [9.17, 15) is 0 Å². The summed E-state index contributed by atoms with van der Waals surface area (Å²) in [7, 11) is 0. The Labute approximate surface area is 324 Å². The first-order valence-electron chi connectivity index (χ1n) is 16.9. The maximum atomic E-state index is 5.65. The molecule has 0 spiro atoms. The second-order valence-electron chi connectivity index (χ2n) is 12.5. The highest BCUT2D eigenvalue weighted by Crippen LogP contribution is 2.48. The summed E-state index contributed by atoms with van der Waals surface area (Å²) in [6, 6.07) is 41.5. The summed E-state index contributed by atoms with van der Waals surface area (Å²) in [5.74, 6) is 1.09. The van der Waals surface area contributed by atoms with Crippen molar-refractivity contribution in [3.05, 3.63) is 181 Å². The number of nitrogens with zero attached hydrogens (tertiary/aromatic N) is 2. The Hall–Kier alpha value is -3.35. The average Bonchev–Trinajstić information content (AvgIpc) is 4.02. The quantitative estimate of drug-likeness (QED) is 0.0967. The van der Waals surface area contributed by atoms with Crippen LogP contribution in [0.1, 0.15) is 55.9 Å². The van der Waals surface area contributed by atoms with Crippen molar-refractivity contribution in [1.82, 2.24) is 0 Å². The van der Waals surface area contributed by atoms with Crippen LogP contribution in [0.15, 0.2) is 169 Å². The van der Waals surface area contributed by atoms with Gasteiger partial charge in [0.05, 0.1) is 17.0 Å². The largest absolute Gasteiger partial charge is 0.325 e. The number of hydrogen-bond acceptors (Lipinski definition) is 3. The number of halogens is 3. The van der Waals surface area contributed by atoms with Gasteiger partial charge in [-0.2, -0.15) is 0 Å². The van der Waals surface area contributed by atoms with E-state index in [1.54, 1.807) is 0 Å². The number of allylic oxidation sites excluding steroid dienone is 2. The van der Waals surface area contributed by atoms with Gasteiger partial charge in [-0.3, -0.25) is 9.98 Å². The zero-order valence-electron chi connectivity index (χ0n) is 29.6. The van der Waals surface area contributed by atoms with Crippen LogP contribution in [-0.4, -0.2) is 39.7 Å². The summed E-state index contributed by atoms with van der Waals surface area (Å²) >= 11 is 6.49. The van der Waals surface area contributed by atoms with Gasteiger partial charge in [0.25, 0.3) is 0 Å². The Bertz CT molecular complexity index is 1550. The molecule has 0 bridgehead atoms. The molecule has 6 heteroatoms. The molecule has 4 aromatic rings. The molecule has 0 aliphatic heterocycles. The first-order valence-corrected chi connectivity index (χ1v) is 19.1. The van der Waals surface area contributed by atoms with E-state index in [0.717, 1.165) is 41.5 Å². The molecule has 4 atom stereocenters. The lowest BCUT2D eigenvalue weighted by Gasteiger charge is -2.11. The first-order chi connectivity index (χ1) is 23.7. The molecule has 0 heterocycles. The van der Waals surface area contributed by atoms with Crippen LogP contribution in [0.5, 0.6) is 0 Å². The van der Waals surface area contributed by atoms with Gasteiger partial charge in [0, 0.05) is 50.9 Å². The van der Waals surface area contributed by atoms with Crippen LogP contribution in [0.4, 0.5) is 0 Å². The Morgan fingerprint density at radius 2 is 1.00 bits per heavy atom. The van der Waals surface area contributed by atoms with Crippen LogP contribution < -0.4 is 5.73 Å². The number of rotatable bonds is 10. The van der Waals surface area contributed by atoms with Crippen LogP contribution in [0, 0.1) is 11.8 Å². The SMILES string of the molecule is BrC/C=C/CBr.C=CC1CC1(C)N.C=CC1CC1(C)N=C(c1ccccc1)c1ccccc1.CCN=C(c1ccccc1)c1ccccc1.Cl. The van der Waals surface area contributed by atoms with E-state index in [4.69, 9.17) is 10.7 Å².